The van der Waals surface area contributed by atoms with Crippen LogP contribution in [0, 0.1) is 17.0 Å². The Hall–Kier alpha value is -2.02. The first-order chi connectivity index (χ1) is 8.42. The Balaban J connectivity index is 0.000000631. The third-order valence-corrected chi connectivity index (χ3v) is 2.37. The number of nitrogen functional groups attached to an aromatic ring is 1. The molecule has 0 radical (unpaired) electrons. The summed E-state index contributed by atoms with van der Waals surface area (Å²) in [6.45, 7) is 5.80. The summed E-state index contributed by atoms with van der Waals surface area (Å²) in [6, 6.07) is 5.95. The molecule has 0 aliphatic heterocycles. The molecule has 7 heteroatoms. The average molecular weight is 257 g/mol. The predicted molar refractivity (Wildman–Crippen MR) is 69.3 cm³/mol. The molecule has 18 heavy (non-hydrogen) atoms. The van der Waals surface area contributed by atoms with Crippen LogP contribution in [-0.4, -0.2) is 35.1 Å². The number of rotatable bonds is 4. The highest BCUT2D eigenvalue weighted by Gasteiger charge is 2.04. The molecule has 7 nitrogen and oxygen atoms in total. The first-order valence-electron chi connectivity index (χ1n) is 5.47. The fourth-order valence-corrected chi connectivity index (χ4v) is 1.45. The quantitative estimate of drug-likeness (QED) is 0.422. The van der Waals surface area contributed by atoms with Crippen LogP contribution in [0.15, 0.2) is 18.2 Å². The molecule has 0 aromatic heterocycles. The van der Waals surface area contributed by atoms with E-state index in [9.17, 15) is 0 Å². The van der Waals surface area contributed by atoms with E-state index in [4.69, 9.17) is 26.2 Å². The van der Waals surface area contributed by atoms with Crippen molar-refractivity contribution in [2.75, 3.05) is 30.3 Å². The second-order valence-electron chi connectivity index (χ2n) is 3.58. The normalized spacial score (nSPS) is 9.28. The lowest BCUT2D eigenvalue weighted by Gasteiger charge is -2.22. The van der Waals surface area contributed by atoms with Crippen molar-refractivity contribution in [3.8, 4) is 0 Å². The number of likely N-dealkylation sites (N-methyl/N-ethyl adjacent to an activating group) is 1. The molecular weight excluding hydrogens is 238 g/mol. The SMILES string of the molecule is CCN(CCO)c1ccc(N)c(C)c1.O=[N+]([O-])O. The van der Waals surface area contributed by atoms with E-state index in [0.717, 1.165) is 23.5 Å². The van der Waals surface area contributed by atoms with Crippen LogP contribution < -0.4 is 10.6 Å². The maximum absolute atomic E-state index is 8.89. The lowest BCUT2D eigenvalue weighted by molar-refractivity contribution is -0.742. The fraction of sp³-hybridized carbons (Fsp3) is 0.455. The van der Waals surface area contributed by atoms with Crippen molar-refractivity contribution >= 4 is 11.4 Å². The number of nitrogens with two attached hydrogens (primary N) is 1. The second-order valence-corrected chi connectivity index (χ2v) is 3.58. The van der Waals surface area contributed by atoms with Crippen LogP contribution in [0.2, 0.25) is 0 Å². The van der Waals surface area contributed by atoms with E-state index in [1.165, 1.54) is 0 Å². The number of benzene rings is 1. The molecule has 0 aliphatic rings. The Morgan fingerprint density at radius 2 is 2.06 bits per heavy atom. The molecule has 0 unspecified atom stereocenters. The smallest absolute Gasteiger partial charge is 0.291 e. The summed E-state index contributed by atoms with van der Waals surface area (Å²) >= 11 is 0. The molecule has 0 spiro atoms. The monoisotopic (exact) mass is 257 g/mol. The molecule has 1 rings (SSSR count). The van der Waals surface area contributed by atoms with Gasteiger partial charge >= 0.3 is 0 Å². The van der Waals surface area contributed by atoms with Crippen LogP contribution in [0.1, 0.15) is 12.5 Å². The number of nitrogens with zero attached hydrogens (tertiary/aromatic N) is 2. The Bertz CT molecular complexity index is 381. The minimum Gasteiger partial charge on any atom is -0.399 e. The molecule has 1 aromatic rings. The highest BCUT2D eigenvalue weighted by Crippen LogP contribution is 2.19. The zero-order valence-corrected chi connectivity index (χ0v) is 10.5. The minimum atomic E-state index is -1.50. The molecule has 0 amide bonds. The fourth-order valence-electron chi connectivity index (χ4n) is 1.45. The Labute approximate surface area is 106 Å². The van der Waals surface area contributed by atoms with Crippen LogP contribution in [0.3, 0.4) is 0 Å². The molecule has 0 saturated heterocycles. The van der Waals surface area contributed by atoms with Gasteiger partial charge in [0.1, 0.15) is 0 Å². The number of aliphatic hydroxyl groups excluding tert-OH is 1. The van der Waals surface area contributed by atoms with Gasteiger partial charge in [0.25, 0.3) is 5.09 Å². The Kier molecular flexibility index (Phi) is 7.22. The maximum atomic E-state index is 8.89. The molecule has 1 aromatic carbocycles. The molecule has 102 valence electrons. The van der Waals surface area contributed by atoms with Crippen molar-refractivity contribution in [3.63, 3.8) is 0 Å². The van der Waals surface area contributed by atoms with Gasteiger partial charge < -0.3 is 20.9 Å². The number of aliphatic hydroxyl groups is 1. The lowest BCUT2D eigenvalue weighted by atomic mass is 10.1. The third kappa shape index (κ3) is 5.90. The van der Waals surface area contributed by atoms with Gasteiger partial charge in [-0.2, -0.15) is 0 Å². The molecule has 0 heterocycles. The zero-order valence-electron chi connectivity index (χ0n) is 10.5. The standard InChI is InChI=1S/C11H18N2O.HNO3/c1-3-13(6-7-14)10-4-5-11(12)9(2)8-10;2-1(3)4/h4-5,8,14H,3,6-7,12H2,1-2H3;(H,2,3,4). The van der Waals surface area contributed by atoms with E-state index in [1.54, 1.807) is 0 Å². The van der Waals surface area contributed by atoms with Crippen molar-refractivity contribution in [1.82, 2.24) is 0 Å². The highest BCUT2D eigenvalue weighted by molar-refractivity contribution is 5.57. The molecular formula is C11H19N3O4. The second kappa shape index (κ2) is 8.13. The summed E-state index contributed by atoms with van der Waals surface area (Å²) in [7, 11) is 0. The molecule has 4 N–H and O–H groups in total. The van der Waals surface area contributed by atoms with E-state index in [2.05, 4.69) is 17.9 Å². The van der Waals surface area contributed by atoms with Crippen molar-refractivity contribution in [2.45, 2.75) is 13.8 Å². The summed E-state index contributed by atoms with van der Waals surface area (Å²) in [5.74, 6) is 0. The third-order valence-electron chi connectivity index (χ3n) is 2.37. The number of aryl methyl sites for hydroxylation is 1. The summed E-state index contributed by atoms with van der Waals surface area (Å²) in [6.07, 6.45) is 0. The van der Waals surface area contributed by atoms with Crippen molar-refractivity contribution in [3.05, 3.63) is 33.9 Å². The molecule has 0 fully saturated rings. The Morgan fingerprint density at radius 3 is 2.44 bits per heavy atom. The van der Waals surface area contributed by atoms with E-state index in [0.29, 0.717) is 6.54 Å². The van der Waals surface area contributed by atoms with Crippen molar-refractivity contribution < 1.29 is 15.4 Å². The van der Waals surface area contributed by atoms with Crippen LogP contribution in [-0.2, 0) is 0 Å². The van der Waals surface area contributed by atoms with Crippen LogP contribution >= 0.6 is 0 Å². The van der Waals surface area contributed by atoms with Gasteiger partial charge in [-0.15, -0.1) is 10.1 Å². The van der Waals surface area contributed by atoms with Gasteiger partial charge in [0.05, 0.1) is 6.61 Å². The summed E-state index contributed by atoms with van der Waals surface area (Å²) < 4.78 is 0. The number of anilines is 2. The van der Waals surface area contributed by atoms with Gasteiger partial charge in [-0.05, 0) is 37.6 Å². The number of hydrogen-bond acceptors (Lipinski definition) is 5. The first kappa shape index (κ1) is 16.0. The van der Waals surface area contributed by atoms with Crippen molar-refractivity contribution in [2.24, 2.45) is 0 Å². The largest absolute Gasteiger partial charge is 0.399 e. The van der Waals surface area contributed by atoms with Crippen LogP contribution in [0.4, 0.5) is 11.4 Å². The van der Waals surface area contributed by atoms with Gasteiger partial charge in [0.2, 0.25) is 0 Å². The van der Waals surface area contributed by atoms with Crippen molar-refractivity contribution in [1.29, 1.82) is 0 Å². The van der Waals surface area contributed by atoms with E-state index in [-0.39, 0.29) is 6.61 Å². The van der Waals surface area contributed by atoms with Gasteiger partial charge in [-0.25, -0.2) is 0 Å². The first-order valence-corrected chi connectivity index (χ1v) is 5.47. The topological polar surface area (TPSA) is 113 Å². The maximum Gasteiger partial charge on any atom is 0.291 e. The number of hydrogen-bond donors (Lipinski definition) is 3. The summed E-state index contributed by atoms with van der Waals surface area (Å²) in [5, 5.41) is 22.5. The lowest BCUT2D eigenvalue weighted by Crippen LogP contribution is -2.26. The minimum absolute atomic E-state index is 0.178. The van der Waals surface area contributed by atoms with E-state index < -0.39 is 5.09 Å². The van der Waals surface area contributed by atoms with E-state index >= 15 is 0 Å². The average Bonchev–Trinajstić information content (AvgIpc) is 2.29. The van der Waals surface area contributed by atoms with Gasteiger partial charge in [0, 0.05) is 24.5 Å². The molecule has 0 atom stereocenters. The van der Waals surface area contributed by atoms with Crippen LogP contribution in [0.5, 0.6) is 0 Å². The highest BCUT2D eigenvalue weighted by atomic mass is 16.9. The summed E-state index contributed by atoms with van der Waals surface area (Å²) in [5.41, 5.74) is 8.75. The summed E-state index contributed by atoms with van der Waals surface area (Å²) in [4.78, 5) is 10.5. The van der Waals surface area contributed by atoms with Gasteiger partial charge in [-0.3, -0.25) is 0 Å². The zero-order chi connectivity index (χ0) is 14.1. The predicted octanol–water partition coefficient (Wildman–Crippen LogP) is 1.05. The van der Waals surface area contributed by atoms with Crippen LogP contribution in [0.25, 0.3) is 0 Å². The van der Waals surface area contributed by atoms with Gasteiger partial charge in [0.15, 0.2) is 0 Å². The molecule has 0 bridgehead atoms. The molecule has 0 saturated carbocycles. The van der Waals surface area contributed by atoms with E-state index in [1.807, 2.05) is 19.1 Å². The molecule has 0 aliphatic carbocycles. The van der Waals surface area contributed by atoms with Gasteiger partial charge in [-0.1, -0.05) is 0 Å². The Morgan fingerprint density at radius 1 is 1.50 bits per heavy atom.